The van der Waals surface area contributed by atoms with Gasteiger partial charge in [0.2, 0.25) is 0 Å². The molecule has 4 heteroatoms. The van der Waals surface area contributed by atoms with Crippen LogP contribution in [-0.2, 0) is 20.1 Å². The summed E-state index contributed by atoms with van der Waals surface area (Å²) in [5.74, 6) is 0. The van der Waals surface area contributed by atoms with Crippen LogP contribution in [0.3, 0.4) is 0 Å². The molecule has 0 aliphatic carbocycles. The zero-order valence-corrected chi connectivity index (χ0v) is 15.9. The van der Waals surface area contributed by atoms with Crippen molar-refractivity contribution in [3.8, 4) is 11.3 Å². The second-order valence-electron chi connectivity index (χ2n) is 5.31. The second-order valence-corrected chi connectivity index (χ2v) is 5.31. The van der Waals surface area contributed by atoms with Crippen molar-refractivity contribution in [1.29, 1.82) is 0 Å². The van der Waals surface area contributed by atoms with Crippen LogP contribution in [0.4, 0.5) is 0 Å². The molecule has 2 aromatic carbocycles. The third-order valence-corrected chi connectivity index (χ3v) is 3.09. The Hall–Kier alpha value is -1.58. The van der Waals surface area contributed by atoms with Gasteiger partial charge in [-0.1, -0.05) is 31.7 Å². The summed E-state index contributed by atoms with van der Waals surface area (Å²) < 4.78 is 31.0. The van der Waals surface area contributed by atoms with E-state index in [-0.39, 0.29) is 63.9 Å². The van der Waals surface area contributed by atoms with Gasteiger partial charge in [-0.3, -0.25) is 0 Å². The third-order valence-electron chi connectivity index (χ3n) is 3.09. The van der Waals surface area contributed by atoms with Crippen molar-refractivity contribution in [3.05, 3.63) is 66.8 Å². The van der Waals surface area contributed by atoms with Crippen LogP contribution < -0.4 is 0 Å². The van der Waals surface area contributed by atoms with E-state index in [2.05, 4.69) is 11.1 Å². The van der Waals surface area contributed by atoms with Crippen LogP contribution in [0.5, 0.6) is 0 Å². The standard InChI is InChI=1S/C15H10N.C5H12O2.CH4.Ir/c1-2-7-13(8-3-1)15-14-9-5-4-6-12(14)10-11-16-15;1-4(6)3-5(2)7;;/h1-7,9-11H;4-7H,3H2,1-2H3;1H4;/q-1;;;/i1D,2D,3D,7D;;;. The largest absolute Gasteiger partial charge is 0.393 e. The van der Waals surface area contributed by atoms with Gasteiger partial charge < -0.3 is 15.2 Å². The van der Waals surface area contributed by atoms with Gasteiger partial charge in [-0.05, 0) is 45.5 Å². The summed E-state index contributed by atoms with van der Waals surface area (Å²) in [6.07, 6.45) is 1.35. The number of aliphatic hydroxyl groups is 2. The first-order valence-corrected chi connectivity index (χ1v) is 7.42. The molecule has 137 valence electrons. The van der Waals surface area contributed by atoms with Gasteiger partial charge in [0.05, 0.1) is 12.2 Å². The Balaban J connectivity index is 0.000000761. The number of aliphatic hydroxyl groups excluding tert-OH is 2. The minimum Gasteiger partial charge on any atom is -0.393 e. The maximum atomic E-state index is 8.56. The molecule has 1 heterocycles. The number of hydrogen-bond acceptors (Lipinski definition) is 3. The van der Waals surface area contributed by atoms with Crippen molar-refractivity contribution >= 4 is 10.8 Å². The summed E-state index contributed by atoms with van der Waals surface area (Å²) in [5.41, 5.74) is 0.822. The number of rotatable bonds is 3. The van der Waals surface area contributed by atoms with Gasteiger partial charge in [-0.2, -0.15) is 0 Å². The topological polar surface area (TPSA) is 53.4 Å². The van der Waals surface area contributed by atoms with Gasteiger partial charge in [0.1, 0.15) is 0 Å². The van der Waals surface area contributed by atoms with E-state index >= 15 is 0 Å². The van der Waals surface area contributed by atoms with Gasteiger partial charge >= 0.3 is 0 Å². The Morgan fingerprint density at radius 2 is 1.80 bits per heavy atom. The monoisotopic (exact) mass is 521 g/mol. The summed E-state index contributed by atoms with van der Waals surface area (Å²) in [7, 11) is 0. The van der Waals surface area contributed by atoms with Gasteiger partial charge in [-0.25, -0.2) is 0 Å². The number of benzene rings is 2. The summed E-state index contributed by atoms with van der Waals surface area (Å²) in [6, 6.07) is 11.3. The van der Waals surface area contributed by atoms with Crippen LogP contribution in [0.25, 0.3) is 22.0 Å². The molecule has 0 spiro atoms. The molecule has 2 unspecified atom stereocenters. The van der Waals surface area contributed by atoms with Crippen LogP contribution in [-0.4, -0.2) is 27.4 Å². The van der Waals surface area contributed by atoms with E-state index in [9.17, 15) is 0 Å². The quantitative estimate of drug-likeness (QED) is 0.501. The molecule has 2 N–H and O–H groups in total. The fraction of sp³-hybridized carbons (Fsp3) is 0.286. The Kier molecular flexibility index (Phi) is 8.02. The summed E-state index contributed by atoms with van der Waals surface area (Å²) in [4.78, 5) is 4.27. The number of aromatic nitrogens is 1. The van der Waals surface area contributed by atoms with E-state index in [0.29, 0.717) is 17.7 Å². The Morgan fingerprint density at radius 1 is 1.12 bits per heavy atom. The molecule has 25 heavy (non-hydrogen) atoms. The maximum absolute atomic E-state index is 8.56. The van der Waals surface area contributed by atoms with E-state index in [4.69, 9.17) is 15.7 Å². The van der Waals surface area contributed by atoms with Crippen LogP contribution in [0.1, 0.15) is 33.2 Å². The van der Waals surface area contributed by atoms with E-state index in [1.807, 2.05) is 30.3 Å². The number of hydrogen-bond donors (Lipinski definition) is 2. The molecular weight excluding hydrogens is 490 g/mol. The van der Waals surface area contributed by atoms with Crippen molar-refractivity contribution in [2.45, 2.75) is 39.9 Å². The first kappa shape index (κ1) is 16.9. The van der Waals surface area contributed by atoms with Crippen LogP contribution in [0, 0.1) is 6.07 Å². The molecule has 0 saturated carbocycles. The van der Waals surface area contributed by atoms with Gasteiger partial charge in [0.25, 0.3) is 0 Å². The molecule has 0 aliphatic heterocycles. The average Bonchev–Trinajstić information content (AvgIpc) is 2.62. The van der Waals surface area contributed by atoms with Crippen molar-refractivity contribution in [3.63, 3.8) is 0 Å². The number of nitrogens with zero attached hydrogens (tertiary/aromatic N) is 1. The first-order chi connectivity index (χ1) is 12.7. The third kappa shape index (κ3) is 7.45. The Morgan fingerprint density at radius 3 is 2.44 bits per heavy atom. The van der Waals surface area contributed by atoms with E-state index in [1.165, 1.54) is 0 Å². The predicted molar refractivity (Wildman–Crippen MR) is 101 cm³/mol. The molecule has 3 rings (SSSR count). The van der Waals surface area contributed by atoms with E-state index < -0.39 is 0 Å². The Bertz CT molecular complexity index is 925. The van der Waals surface area contributed by atoms with E-state index in [0.717, 1.165) is 10.8 Å². The molecule has 1 aromatic heterocycles. The van der Waals surface area contributed by atoms with Crippen LogP contribution >= 0.6 is 0 Å². The van der Waals surface area contributed by atoms with Gasteiger partial charge in [0, 0.05) is 29.0 Å². The predicted octanol–water partition coefficient (Wildman–Crippen LogP) is 4.47. The number of fused-ring (bicyclic) bond motifs is 1. The molecular formula is C21H26IrNO2-. The fourth-order valence-corrected chi connectivity index (χ4v) is 2.18. The SMILES string of the molecule is C.CC(O)CC(C)O.[2H]c1[c-]c(-c2nccc3ccccc23)c([2H])c([2H])c1[2H].[Ir]. The van der Waals surface area contributed by atoms with E-state index in [1.54, 1.807) is 20.0 Å². The molecule has 0 amide bonds. The van der Waals surface area contributed by atoms with Crippen molar-refractivity contribution < 1.29 is 35.8 Å². The first-order valence-electron chi connectivity index (χ1n) is 9.42. The molecule has 0 saturated heterocycles. The normalized spacial score (nSPS) is 14.2. The maximum Gasteiger partial charge on any atom is 0.0536 e. The zero-order chi connectivity index (χ0) is 20.1. The molecule has 0 bridgehead atoms. The zero-order valence-electron chi connectivity index (χ0n) is 17.5. The van der Waals surface area contributed by atoms with Crippen molar-refractivity contribution in [2.24, 2.45) is 0 Å². The molecule has 0 aliphatic rings. The minimum absolute atomic E-state index is 0. The van der Waals surface area contributed by atoms with Crippen molar-refractivity contribution in [2.75, 3.05) is 0 Å². The number of pyridine rings is 1. The van der Waals surface area contributed by atoms with Crippen LogP contribution in [0.15, 0.2) is 60.7 Å². The average molecular weight is 521 g/mol. The summed E-state index contributed by atoms with van der Waals surface area (Å²) in [6.45, 7) is 3.32. The molecule has 3 aromatic rings. The minimum atomic E-state index is -0.375. The van der Waals surface area contributed by atoms with Gasteiger partial charge in [0.15, 0.2) is 0 Å². The molecule has 3 nitrogen and oxygen atoms in total. The molecule has 2 atom stereocenters. The summed E-state index contributed by atoms with van der Waals surface area (Å²) in [5, 5.41) is 18.9. The van der Waals surface area contributed by atoms with Crippen molar-refractivity contribution in [1.82, 2.24) is 4.98 Å². The fourth-order valence-electron chi connectivity index (χ4n) is 2.18. The Labute approximate surface area is 169 Å². The smallest absolute Gasteiger partial charge is 0.0536 e. The molecule has 1 radical (unpaired) electrons. The molecule has 0 fully saturated rings. The van der Waals surface area contributed by atoms with Gasteiger partial charge in [-0.15, -0.1) is 35.8 Å². The summed E-state index contributed by atoms with van der Waals surface area (Å²) >= 11 is 0. The van der Waals surface area contributed by atoms with Crippen LogP contribution in [0.2, 0.25) is 0 Å². The second kappa shape index (κ2) is 11.9.